The van der Waals surface area contributed by atoms with Gasteiger partial charge in [-0.2, -0.15) is 0 Å². The molecule has 2 amide bonds. The predicted molar refractivity (Wildman–Crippen MR) is 123 cm³/mol. The van der Waals surface area contributed by atoms with E-state index < -0.39 is 11.7 Å². The molecule has 0 atom stereocenters. The lowest BCUT2D eigenvalue weighted by molar-refractivity contribution is -0.115. The molecule has 0 radical (unpaired) electrons. The van der Waals surface area contributed by atoms with Crippen molar-refractivity contribution in [3.8, 4) is 16.4 Å². The summed E-state index contributed by atoms with van der Waals surface area (Å²) in [5, 5.41) is 11.8. The van der Waals surface area contributed by atoms with Crippen LogP contribution in [-0.2, 0) is 4.79 Å². The smallest absolute Gasteiger partial charge is 0.295 e. The normalized spacial score (nSPS) is 10.7. The quantitative estimate of drug-likeness (QED) is 0.431. The fourth-order valence-corrected chi connectivity index (χ4v) is 3.72. The Balaban J connectivity index is 1.67. The number of hydrogen-bond donors (Lipinski definition) is 2. The summed E-state index contributed by atoms with van der Waals surface area (Å²) in [6.45, 7) is 3.61. The van der Waals surface area contributed by atoms with Gasteiger partial charge in [-0.25, -0.2) is 14.1 Å². The molecular formula is C23H20FN5O2S. The third kappa shape index (κ3) is 4.57. The van der Waals surface area contributed by atoms with Crippen molar-refractivity contribution in [1.82, 2.24) is 14.8 Å². The maximum Gasteiger partial charge on any atom is 0.295 e. The highest BCUT2D eigenvalue weighted by Crippen LogP contribution is 2.26. The van der Waals surface area contributed by atoms with E-state index in [2.05, 4.69) is 20.7 Å². The van der Waals surface area contributed by atoms with Crippen LogP contribution in [-0.4, -0.2) is 26.6 Å². The first-order valence-corrected chi connectivity index (χ1v) is 10.8. The molecule has 0 aliphatic carbocycles. The fourth-order valence-electron chi connectivity index (χ4n) is 3.02. The van der Waals surface area contributed by atoms with Gasteiger partial charge in [0, 0.05) is 17.8 Å². The van der Waals surface area contributed by atoms with E-state index in [1.54, 1.807) is 37.3 Å². The van der Waals surface area contributed by atoms with E-state index in [0.29, 0.717) is 29.3 Å². The van der Waals surface area contributed by atoms with Crippen molar-refractivity contribution in [1.29, 1.82) is 0 Å². The number of carbonyl (C=O) groups is 2. The zero-order chi connectivity index (χ0) is 22.7. The zero-order valence-electron chi connectivity index (χ0n) is 17.4. The Morgan fingerprint density at radius 2 is 1.94 bits per heavy atom. The molecule has 0 aliphatic rings. The Morgan fingerprint density at radius 3 is 2.66 bits per heavy atom. The van der Waals surface area contributed by atoms with Crippen LogP contribution in [0.3, 0.4) is 0 Å². The van der Waals surface area contributed by atoms with Gasteiger partial charge in [0.15, 0.2) is 5.82 Å². The van der Waals surface area contributed by atoms with Gasteiger partial charge in [-0.15, -0.1) is 16.4 Å². The minimum Gasteiger partial charge on any atom is -0.326 e. The Morgan fingerprint density at radius 1 is 1.09 bits per heavy atom. The molecule has 32 heavy (non-hydrogen) atoms. The summed E-state index contributed by atoms with van der Waals surface area (Å²) < 4.78 is 15.3. The minimum atomic E-state index is -0.514. The van der Waals surface area contributed by atoms with Crippen molar-refractivity contribution in [2.45, 2.75) is 20.3 Å². The van der Waals surface area contributed by atoms with E-state index >= 15 is 0 Å². The van der Waals surface area contributed by atoms with Crippen LogP contribution in [0.4, 0.5) is 15.8 Å². The van der Waals surface area contributed by atoms with Crippen molar-refractivity contribution in [3.05, 3.63) is 77.2 Å². The fraction of sp³-hybridized carbons (Fsp3) is 0.130. The molecule has 2 aromatic heterocycles. The molecule has 2 aromatic carbocycles. The molecule has 0 saturated heterocycles. The van der Waals surface area contributed by atoms with E-state index in [1.165, 1.54) is 28.2 Å². The van der Waals surface area contributed by atoms with Crippen molar-refractivity contribution in [2.24, 2.45) is 0 Å². The summed E-state index contributed by atoms with van der Waals surface area (Å²) in [5.74, 6) is -0.665. The molecule has 4 rings (SSSR count). The molecule has 2 N–H and O–H groups in total. The van der Waals surface area contributed by atoms with Crippen molar-refractivity contribution in [2.75, 3.05) is 10.6 Å². The maximum atomic E-state index is 13.8. The first kappa shape index (κ1) is 21.4. The third-order valence-corrected chi connectivity index (χ3v) is 5.56. The van der Waals surface area contributed by atoms with Crippen LogP contribution in [0.15, 0.2) is 60.0 Å². The van der Waals surface area contributed by atoms with Crippen LogP contribution in [0.25, 0.3) is 16.4 Å². The van der Waals surface area contributed by atoms with Crippen LogP contribution in [0, 0.1) is 12.7 Å². The molecule has 0 bridgehead atoms. The lowest BCUT2D eigenvalue weighted by atomic mass is 10.1. The molecule has 9 heteroatoms. The van der Waals surface area contributed by atoms with Gasteiger partial charge >= 0.3 is 0 Å². The van der Waals surface area contributed by atoms with Gasteiger partial charge < -0.3 is 10.6 Å². The Kier molecular flexibility index (Phi) is 6.09. The van der Waals surface area contributed by atoms with Gasteiger partial charge in [0.1, 0.15) is 5.82 Å². The summed E-state index contributed by atoms with van der Waals surface area (Å²) >= 11 is 1.44. The molecule has 4 aromatic rings. The Bertz CT molecular complexity index is 1280. The number of nitrogens with one attached hydrogen (secondary N) is 2. The molecular weight excluding hydrogens is 429 g/mol. The number of nitrogens with zero attached hydrogens (tertiary/aromatic N) is 3. The summed E-state index contributed by atoms with van der Waals surface area (Å²) in [4.78, 5) is 29.9. The average Bonchev–Trinajstić information content (AvgIpc) is 3.46. The van der Waals surface area contributed by atoms with Crippen molar-refractivity contribution in [3.63, 3.8) is 0 Å². The first-order chi connectivity index (χ1) is 15.4. The number of amides is 2. The number of carbonyl (C=O) groups excluding carboxylic acids is 2. The number of aryl methyl sites for hydroxylation is 1. The minimum absolute atomic E-state index is 0.0555. The van der Waals surface area contributed by atoms with E-state index in [4.69, 9.17) is 0 Å². The van der Waals surface area contributed by atoms with Crippen LogP contribution in [0.2, 0.25) is 0 Å². The second-order valence-corrected chi connectivity index (χ2v) is 7.96. The highest BCUT2D eigenvalue weighted by atomic mass is 32.1. The number of halogens is 1. The summed E-state index contributed by atoms with van der Waals surface area (Å²) in [6, 6.07) is 14.9. The topological polar surface area (TPSA) is 88.9 Å². The SMILES string of the molecule is CCC(=O)Nc1ccc(C)c(NC(=O)c2nc(-c3cccs3)n(-c3cccc(F)c3)n2)c1. The maximum absolute atomic E-state index is 13.8. The van der Waals surface area contributed by atoms with E-state index in [-0.39, 0.29) is 11.7 Å². The summed E-state index contributed by atoms with van der Waals surface area (Å²) in [5.41, 5.74) is 2.38. The molecule has 0 fully saturated rings. The number of rotatable bonds is 6. The lowest BCUT2D eigenvalue weighted by Gasteiger charge is -2.10. The average molecular weight is 450 g/mol. The van der Waals surface area contributed by atoms with Crippen molar-refractivity contribution >= 4 is 34.5 Å². The Hall–Kier alpha value is -3.85. The molecule has 0 aliphatic heterocycles. The van der Waals surface area contributed by atoms with Gasteiger partial charge in [0.2, 0.25) is 11.7 Å². The summed E-state index contributed by atoms with van der Waals surface area (Å²) in [6.07, 6.45) is 0.350. The first-order valence-electron chi connectivity index (χ1n) is 9.93. The van der Waals surface area contributed by atoms with Gasteiger partial charge in [-0.3, -0.25) is 9.59 Å². The number of benzene rings is 2. The highest BCUT2D eigenvalue weighted by molar-refractivity contribution is 7.13. The number of anilines is 2. The van der Waals surface area contributed by atoms with Crippen LogP contribution in [0.5, 0.6) is 0 Å². The van der Waals surface area contributed by atoms with E-state index in [0.717, 1.165) is 10.4 Å². The zero-order valence-corrected chi connectivity index (χ0v) is 18.2. The second kappa shape index (κ2) is 9.11. The number of hydrogen-bond acceptors (Lipinski definition) is 5. The van der Waals surface area contributed by atoms with E-state index in [9.17, 15) is 14.0 Å². The van der Waals surface area contributed by atoms with Gasteiger partial charge in [0.25, 0.3) is 5.91 Å². The lowest BCUT2D eigenvalue weighted by Crippen LogP contribution is -2.16. The standard InChI is InChI=1S/C23H20FN5O2S/c1-3-20(30)25-16-10-9-14(2)18(13-16)26-23(31)21-27-22(19-8-5-11-32-19)29(28-21)17-7-4-6-15(24)12-17/h4-13H,3H2,1-2H3,(H,25,30)(H,26,31). The highest BCUT2D eigenvalue weighted by Gasteiger charge is 2.20. The number of aromatic nitrogens is 3. The van der Waals surface area contributed by atoms with Gasteiger partial charge in [-0.1, -0.05) is 25.1 Å². The third-order valence-electron chi connectivity index (χ3n) is 4.70. The molecule has 2 heterocycles. The monoisotopic (exact) mass is 449 g/mol. The predicted octanol–water partition coefficient (Wildman–Crippen LogP) is 5.04. The molecule has 0 unspecified atom stereocenters. The van der Waals surface area contributed by atoms with Crippen LogP contribution in [0.1, 0.15) is 29.5 Å². The summed E-state index contributed by atoms with van der Waals surface area (Å²) in [7, 11) is 0. The van der Waals surface area contributed by atoms with Crippen molar-refractivity contribution < 1.29 is 14.0 Å². The second-order valence-electron chi connectivity index (χ2n) is 7.01. The molecule has 0 saturated carbocycles. The molecule has 162 valence electrons. The number of thiophene rings is 1. The Labute approximate surface area is 187 Å². The van der Waals surface area contributed by atoms with Crippen LogP contribution >= 0.6 is 11.3 Å². The van der Waals surface area contributed by atoms with Crippen LogP contribution < -0.4 is 10.6 Å². The molecule has 0 spiro atoms. The largest absolute Gasteiger partial charge is 0.326 e. The van der Waals surface area contributed by atoms with Gasteiger partial charge in [0.05, 0.1) is 10.6 Å². The van der Waals surface area contributed by atoms with E-state index in [1.807, 2.05) is 24.4 Å². The van der Waals surface area contributed by atoms with Gasteiger partial charge in [-0.05, 0) is 54.3 Å². The molecule has 7 nitrogen and oxygen atoms in total.